The molecule has 0 atom stereocenters. The maximum Gasteiger partial charge on any atom is 0.138 e. The Balaban J connectivity index is 1.23. The predicted molar refractivity (Wildman–Crippen MR) is 146 cm³/mol. The molecule has 37 heavy (non-hydrogen) atoms. The van der Waals surface area contributed by atoms with E-state index in [9.17, 15) is 0 Å². The first-order valence-electron chi connectivity index (χ1n) is 13.5. The zero-order valence-corrected chi connectivity index (χ0v) is 20.9. The third-order valence-electron chi connectivity index (χ3n) is 7.75. The maximum atomic E-state index is 6.25. The van der Waals surface area contributed by atoms with E-state index in [1.165, 1.54) is 38.5 Å². The van der Waals surface area contributed by atoms with E-state index in [4.69, 9.17) is 14.7 Å². The van der Waals surface area contributed by atoms with Gasteiger partial charge in [-0.3, -0.25) is 15.1 Å². The van der Waals surface area contributed by atoms with Gasteiger partial charge in [0.2, 0.25) is 0 Å². The summed E-state index contributed by atoms with van der Waals surface area (Å²) >= 11 is 0. The highest BCUT2D eigenvalue weighted by Gasteiger charge is 2.19. The highest BCUT2D eigenvalue weighted by atomic mass is 16.5. The molecule has 5 aromatic rings. The fourth-order valence-corrected chi connectivity index (χ4v) is 5.80. The average Bonchev–Trinajstić information content (AvgIpc) is 3.58. The number of rotatable bonds is 5. The molecule has 0 bridgehead atoms. The van der Waals surface area contributed by atoms with E-state index in [-0.39, 0.29) is 6.10 Å². The molecule has 1 saturated carbocycles. The molecule has 0 amide bonds. The topological polar surface area (TPSA) is 95.6 Å². The second kappa shape index (κ2) is 9.50. The first-order valence-corrected chi connectivity index (χ1v) is 13.5. The van der Waals surface area contributed by atoms with Crippen molar-refractivity contribution in [1.29, 1.82) is 0 Å². The number of nitrogens with zero attached hydrogens (tertiary/aromatic N) is 5. The maximum absolute atomic E-state index is 6.25. The molecule has 2 N–H and O–H groups in total. The number of pyridine rings is 3. The lowest BCUT2D eigenvalue weighted by Gasteiger charge is -2.28. The second-order valence-electron chi connectivity index (χ2n) is 10.3. The lowest BCUT2D eigenvalue weighted by molar-refractivity contribution is 0.154. The van der Waals surface area contributed by atoms with Crippen molar-refractivity contribution in [2.24, 2.45) is 0 Å². The standard InChI is InChI=1S/C29H31N7O/c1-3-7-20(8-4-1)37-21-13-19(16-30-17-21)25-14-22-27(18-32-25)34-35-28(22)26-15-23-24(33-26)9-10-31-29(23)36-11-5-2-6-12-36/h9-10,13-18,20,33H,1-8,11-12H2,(H,34,35). The van der Waals surface area contributed by atoms with Crippen LogP contribution in [0, 0.1) is 0 Å². The Bertz CT molecular complexity index is 1540. The van der Waals surface area contributed by atoms with Crippen molar-refractivity contribution in [2.45, 2.75) is 57.5 Å². The Morgan fingerprint density at radius 3 is 2.59 bits per heavy atom. The Labute approximate surface area is 215 Å². The molecular weight excluding hydrogens is 462 g/mol. The number of anilines is 1. The Morgan fingerprint density at radius 1 is 0.838 bits per heavy atom. The number of H-pyrrole nitrogens is 2. The smallest absolute Gasteiger partial charge is 0.138 e. The van der Waals surface area contributed by atoms with Gasteiger partial charge in [0.15, 0.2) is 0 Å². The minimum absolute atomic E-state index is 0.285. The van der Waals surface area contributed by atoms with Gasteiger partial charge in [-0.15, -0.1) is 0 Å². The third kappa shape index (κ3) is 4.30. The van der Waals surface area contributed by atoms with Gasteiger partial charge in [-0.2, -0.15) is 5.10 Å². The molecule has 0 spiro atoms. The van der Waals surface area contributed by atoms with Crippen LogP contribution in [0.3, 0.4) is 0 Å². The molecule has 0 aromatic carbocycles. The van der Waals surface area contributed by atoms with Crippen LogP contribution in [-0.4, -0.2) is 49.3 Å². The van der Waals surface area contributed by atoms with Crippen LogP contribution < -0.4 is 9.64 Å². The minimum atomic E-state index is 0.285. The van der Waals surface area contributed by atoms with E-state index in [1.54, 1.807) is 6.20 Å². The number of hydrogen-bond donors (Lipinski definition) is 2. The SMILES string of the molecule is c1cc2[nH]c(-c3n[nH]c4cnc(-c5cncc(OC6CCCCC6)c5)cc34)cc2c(N2CCCCC2)n1. The van der Waals surface area contributed by atoms with E-state index >= 15 is 0 Å². The molecule has 8 nitrogen and oxygen atoms in total. The van der Waals surface area contributed by atoms with Crippen molar-refractivity contribution < 1.29 is 4.74 Å². The van der Waals surface area contributed by atoms with Crippen molar-refractivity contribution in [3.8, 4) is 28.4 Å². The Hall–Kier alpha value is -3.94. The van der Waals surface area contributed by atoms with E-state index in [0.29, 0.717) is 0 Å². The predicted octanol–water partition coefficient (Wildman–Crippen LogP) is 6.27. The highest BCUT2D eigenvalue weighted by molar-refractivity contribution is 5.99. The summed E-state index contributed by atoms with van der Waals surface area (Å²) in [5, 5.41) is 9.97. The van der Waals surface area contributed by atoms with Gasteiger partial charge >= 0.3 is 0 Å². The number of piperidine rings is 1. The van der Waals surface area contributed by atoms with E-state index in [1.807, 2.05) is 24.7 Å². The molecule has 5 aromatic heterocycles. The normalized spacial score (nSPS) is 17.0. The molecule has 2 aliphatic rings. The van der Waals surface area contributed by atoms with Gasteiger partial charge in [0, 0.05) is 41.8 Å². The van der Waals surface area contributed by atoms with Gasteiger partial charge in [-0.05, 0) is 69.2 Å². The number of nitrogens with one attached hydrogen (secondary N) is 2. The molecule has 7 rings (SSSR count). The molecule has 1 saturated heterocycles. The molecule has 0 radical (unpaired) electrons. The van der Waals surface area contributed by atoms with Crippen LogP contribution in [0.15, 0.2) is 49.1 Å². The van der Waals surface area contributed by atoms with Gasteiger partial charge in [-0.1, -0.05) is 6.42 Å². The van der Waals surface area contributed by atoms with Gasteiger partial charge in [0.05, 0.1) is 40.9 Å². The molecule has 0 unspecified atom stereocenters. The molecule has 1 aliphatic heterocycles. The molecule has 6 heterocycles. The molecule has 188 valence electrons. The summed E-state index contributed by atoms with van der Waals surface area (Å²) in [6.07, 6.45) is 17.4. The number of aromatic amines is 2. The number of aromatic nitrogens is 6. The third-order valence-corrected chi connectivity index (χ3v) is 7.75. The fourth-order valence-electron chi connectivity index (χ4n) is 5.80. The Kier molecular flexibility index (Phi) is 5.72. The van der Waals surface area contributed by atoms with E-state index in [0.717, 1.165) is 81.9 Å². The van der Waals surface area contributed by atoms with Gasteiger partial charge < -0.3 is 14.6 Å². The second-order valence-corrected chi connectivity index (χ2v) is 10.3. The van der Waals surface area contributed by atoms with E-state index < -0.39 is 0 Å². The lowest BCUT2D eigenvalue weighted by atomic mass is 9.98. The van der Waals surface area contributed by atoms with Crippen molar-refractivity contribution >= 4 is 27.6 Å². The zero-order chi connectivity index (χ0) is 24.6. The Morgan fingerprint density at radius 2 is 1.70 bits per heavy atom. The lowest BCUT2D eigenvalue weighted by Crippen LogP contribution is -2.30. The highest BCUT2D eigenvalue weighted by Crippen LogP contribution is 2.34. The summed E-state index contributed by atoms with van der Waals surface area (Å²) in [5.41, 5.74) is 5.61. The largest absolute Gasteiger partial charge is 0.489 e. The number of hydrogen-bond acceptors (Lipinski definition) is 6. The van der Waals surface area contributed by atoms with Crippen LogP contribution in [0.2, 0.25) is 0 Å². The van der Waals surface area contributed by atoms with Crippen LogP contribution in [-0.2, 0) is 0 Å². The molecule has 8 heteroatoms. The van der Waals surface area contributed by atoms with Gasteiger partial charge in [0.1, 0.15) is 17.3 Å². The van der Waals surface area contributed by atoms with Crippen LogP contribution in [0.4, 0.5) is 5.82 Å². The zero-order valence-electron chi connectivity index (χ0n) is 20.9. The fraction of sp³-hybridized carbons (Fsp3) is 0.379. The van der Waals surface area contributed by atoms with Gasteiger partial charge in [-0.25, -0.2) is 4.98 Å². The summed E-state index contributed by atoms with van der Waals surface area (Å²) in [6, 6.07) is 8.36. The average molecular weight is 494 g/mol. The monoisotopic (exact) mass is 493 g/mol. The summed E-state index contributed by atoms with van der Waals surface area (Å²) < 4.78 is 6.25. The van der Waals surface area contributed by atoms with Crippen LogP contribution in [0.25, 0.3) is 44.5 Å². The van der Waals surface area contributed by atoms with Crippen molar-refractivity contribution in [2.75, 3.05) is 18.0 Å². The quantitative estimate of drug-likeness (QED) is 0.300. The molecular formula is C29H31N7O. The first-order chi connectivity index (χ1) is 18.3. The van der Waals surface area contributed by atoms with Crippen molar-refractivity contribution in [1.82, 2.24) is 30.1 Å². The van der Waals surface area contributed by atoms with Crippen LogP contribution in [0.5, 0.6) is 5.75 Å². The van der Waals surface area contributed by atoms with E-state index in [2.05, 4.69) is 43.3 Å². The minimum Gasteiger partial charge on any atom is -0.489 e. The van der Waals surface area contributed by atoms with Crippen molar-refractivity contribution in [3.63, 3.8) is 0 Å². The number of ether oxygens (including phenoxy) is 1. The van der Waals surface area contributed by atoms with Crippen LogP contribution >= 0.6 is 0 Å². The summed E-state index contributed by atoms with van der Waals surface area (Å²) in [6.45, 7) is 2.12. The van der Waals surface area contributed by atoms with Crippen molar-refractivity contribution in [3.05, 3.63) is 49.1 Å². The summed E-state index contributed by atoms with van der Waals surface area (Å²) in [4.78, 5) is 19.9. The molecule has 1 aliphatic carbocycles. The number of fused-ring (bicyclic) bond motifs is 2. The molecule has 2 fully saturated rings. The first kappa shape index (κ1) is 22.3. The summed E-state index contributed by atoms with van der Waals surface area (Å²) in [5.74, 6) is 1.87. The van der Waals surface area contributed by atoms with Gasteiger partial charge in [0.25, 0.3) is 0 Å². The summed E-state index contributed by atoms with van der Waals surface area (Å²) in [7, 11) is 0. The van der Waals surface area contributed by atoms with Crippen LogP contribution in [0.1, 0.15) is 51.4 Å².